The van der Waals surface area contributed by atoms with Crippen LogP contribution in [0.4, 0.5) is 0 Å². The molecule has 0 aliphatic heterocycles. The Hall–Kier alpha value is -2.60. The maximum Gasteiger partial charge on any atom is 0.260 e. The van der Waals surface area contributed by atoms with Gasteiger partial charge in [0.1, 0.15) is 6.61 Å². The number of aryl methyl sites for hydroxylation is 1. The van der Waals surface area contributed by atoms with Gasteiger partial charge in [0.15, 0.2) is 11.5 Å². The largest absolute Gasteiger partial charge is 0.504 e. The highest BCUT2D eigenvalue weighted by Crippen LogP contribution is 2.33. The summed E-state index contributed by atoms with van der Waals surface area (Å²) in [5.74, 6) is 0.834. The first-order valence-corrected chi connectivity index (χ1v) is 8.36. The van der Waals surface area contributed by atoms with Crippen LogP contribution in [-0.2, 0) is 7.05 Å². The fourth-order valence-corrected chi connectivity index (χ4v) is 3.13. The number of nitrogens with zero attached hydrogens (tertiary/aromatic N) is 2. The molecule has 0 amide bonds. The van der Waals surface area contributed by atoms with Crippen molar-refractivity contribution >= 4 is 21.7 Å². The van der Waals surface area contributed by atoms with Gasteiger partial charge in [-0.25, -0.2) is 0 Å². The molecule has 6 nitrogen and oxygen atoms in total. The van der Waals surface area contributed by atoms with E-state index >= 15 is 0 Å². The van der Waals surface area contributed by atoms with E-state index in [1.807, 2.05) is 0 Å². The van der Waals surface area contributed by atoms with Crippen LogP contribution in [0.5, 0.6) is 11.5 Å². The lowest BCUT2D eigenvalue weighted by molar-refractivity contribution is 0.260. The molecule has 3 rings (SSSR count). The first-order valence-electron chi connectivity index (χ1n) is 8.36. The maximum atomic E-state index is 12.5. The zero-order chi connectivity index (χ0) is 18.1. The molecule has 1 atom stereocenters. The number of benzene rings is 1. The van der Waals surface area contributed by atoms with E-state index in [-0.39, 0.29) is 17.4 Å². The highest BCUT2D eigenvalue weighted by molar-refractivity contribution is 6.06. The average molecular weight is 341 g/mol. The van der Waals surface area contributed by atoms with Crippen molar-refractivity contribution in [2.24, 2.45) is 18.7 Å². The summed E-state index contributed by atoms with van der Waals surface area (Å²) in [7, 11) is 1.70. The molecule has 0 unspecified atom stereocenters. The van der Waals surface area contributed by atoms with Gasteiger partial charge in [-0.15, -0.1) is 0 Å². The highest BCUT2D eigenvalue weighted by atomic mass is 16.5. The van der Waals surface area contributed by atoms with Crippen molar-refractivity contribution in [1.29, 1.82) is 0 Å². The molecule has 0 saturated carbocycles. The Balaban J connectivity index is 2.06. The summed E-state index contributed by atoms with van der Waals surface area (Å²) in [5, 5.41) is 12.4. The van der Waals surface area contributed by atoms with Crippen LogP contribution in [0.15, 0.2) is 35.4 Å². The van der Waals surface area contributed by atoms with Gasteiger partial charge >= 0.3 is 0 Å². The van der Waals surface area contributed by atoms with Crippen LogP contribution in [0, 0.1) is 5.92 Å². The van der Waals surface area contributed by atoms with Crippen molar-refractivity contribution in [2.45, 2.75) is 26.3 Å². The zero-order valence-corrected chi connectivity index (χ0v) is 14.7. The van der Waals surface area contributed by atoms with Crippen LogP contribution >= 0.6 is 0 Å². The molecule has 3 N–H and O–H groups in total. The van der Waals surface area contributed by atoms with Gasteiger partial charge in [-0.1, -0.05) is 13.8 Å². The van der Waals surface area contributed by atoms with Crippen LogP contribution in [0.25, 0.3) is 21.7 Å². The predicted octanol–water partition coefficient (Wildman–Crippen LogP) is 2.54. The molecule has 0 fully saturated rings. The molecule has 0 radical (unpaired) electrons. The first kappa shape index (κ1) is 17.2. The molecule has 6 heteroatoms. The molecular weight excluding hydrogens is 318 g/mol. The summed E-state index contributed by atoms with van der Waals surface area (Å²) in [6.07, 6.45) is 4.02. The van der Waals surface area contributed by atoms with Gasteiger partial charge in [0, 0.05) is 36.9 Å². The smallest absolute Gasteiger partial charge is 0.260 e. The number of aromatic nitrogens is 2. The lowest BCUT2D eigenvalue weighted by Gasteiger charge is -2.17. The minimum absolute atomic E-state index is 0.0287. The second kappa shape index (κ2) is 6.72. The van der Waals surface area contributed by atoms with Crippen LogP contribution in [-0.4, -0.2) is 27.3 Å². The Morgan fingerprint density at radius 1 is 1.28 bits per heavy atom. The molecule has 3 aromatic rings. The van der Waals surface area contributed by atoms with Crippen LogP contribution in [0.1, 0.15) is 20.3 Å². The van der Waals surface area contributed by atoms with E-state index in [1.165, 1.54) is 0 Å². The van der Waals surface area contributed by atoms with E-state index in [1.54, 1.807) is 42.2 Å². The topological polar surface area (TPSA) is 90.4 Å². The SMILES string of the molecule is CC(C)C[C@H](N)COc1cc2c(cc1O)c1ccncc1c(=O)n2C. The zero-order valence-electron chi connectivity index (χ0n) is 14.7. The first-order chi connectivity index (χ1) is 11.9. The standard InChI is InChI=1S/C19H23N3O3/c1-11(2)6-12(20)10-25-18-8-16-14(7-17(18)23)13-4-5-21-9-15(13)19(24)22(16)3/h4-5,7-9,11-12,23H,6,10,20H2,1-3H3/t12-/m0/s1. The van der Waals surface area contributed by atoms with Crippen molar-refractivity contribution < 1.29 is 9.84 Å². The third-order valence-corrected chi connectivity index (χ3v) is 4.31. The van der Waals surface area contributed by atoms with Crippen LogP contribution < -0.4 is 16.0 Å². The number of phenols is 1. The quantitative estimate of drug-likeness (QED) is 0.696. The molecule has 0 spiro atoms. The normalized spacial score (nSPS) is 12.8. The van der Waals surface area contributed by atoms with Gasteiger partial charge in [-0.2, -0.15) is 0 Å². The fraction of sp³-hybridized carbons (Fsp3) is 0.368. The number of rotatable bonds is 5. The fourth-order valence-electron chi connectivity index (χ4n) is 3.13. The molecular formula is C19H23N3O3. The number of ether oxygens (including phenoxy) is 1. The third kappa shape index (κ3) is 3.30. The Morgan fingerprint density at radius 3 is 2.76 bits per heavy atom. The second-order valence-corrected chi connectivity index (χ2v) is 6.82. The third-order valence-electron chi connectivity index (χ3n) is 4.31. The number of phenolic OH excluding ortho intramolecular Hbond substituents is 1. The Morgan fingerprint density at radius 2 is 2.04 bits per heavy atom. The second-order valence-electron chi connectivity index (χ2n) is 6.82. The van der Waals surface area contributed by atoms with Crippen LogP contribution in [0.3, 0.4) is 0 Å². The van der Waals surface area contributed by atoms with Gasteiger partial charge in [0.25, 0.3) is 5.56 Å². The Kier molecular flexibility index (Phi) is 4.63. The van der Waals surface area contributed by atoms with Gasteiger partial charge in [0.2, 0.25) is 0 Å². The summed E-state index contributed by atoms with van der Waals surface area (Å²) in [6.45, 7) is 4.51. The minimum Gasteiger partial charge on any atom is -0.504 e. The number of nitrogens with two attached hydrogens (primary N) is 1. The monoisotopic (exact) mass is 341 g/mol. The number of hydrogen-bond acceptors (Lipinski definition) is 5. The van der Waals surface area contributed by atoms with Crippen molar-refractivity contribution in [3.8, 4) is 11.5 Å². The summed E-state index contributed by atoms with van der Waals surface area (Å²) in [4.78, 5) is 16.5. The molecule has 0 saturated heterocycles. The molecule has 1 aromatic carbocycles. The summed E-state index contributed by atoms with van der Waals surface area (Å²) < 4.78 is 7.25. The van der Waals surface area contributed by atoms with Gasteiger partial charge in [-0.05, 0) is 29.9 Å². The van der Waals surface area contributed by atoms with E-state index in [0.29, 0.717) is 29.2 Å². The minimum atomic E-state index is -0.135. The molecule has 2 heterocycles. The average Bonchev–Trinajstić information content (AvgIpc) is 2.57. The number of hydrogen-bond donors (Lipinski definition) is 2. The van der Waals surface area contributed by atoms with Crippen molar-refractivity contribution in [3.05, 3.63) is 40.9 Å². The summed E-state index contributed by atoms with van der Waals surface area (Å²) in [5.41, 5.74) is 6.60. The van der Waals surface area contributed by atoms with Gasteiger partial charge < -0.3 is 20.1 Å². The Bertz CT molecular complexity index is 979. The molecule has 2 aromatic heterocycles. The number of fused-ring (bicyclic) bond motifs is 3. The lowest BCUT2D eigenvalue weighted by atomic mass is 10.1. The Labute approximate surface area is 145 Å². The molecule has 0 bridgehead atoms. The van der Waals surface area contributed by atoms with Crippen molar-refractivity contribution in [3.63, 3.8) is 0 Å². The van der Waals surface area contributed by atoms with E-state index < -0.39 is 0 Å². The van der Waals surface area contributed by atoms with E-state index in [9.17, 15) is 9.90 Å². The summed E-state index contributed by atoms with van der Waals surface area (Å²) >= 11 is 0. The van der Waals surface area contributed by atoms with E-state index in [0.717, 1.165) is 17.2 Å². The van der Waals surface area contributed by atoms with E-state index in [4.69, 9.17) is 10.5 Å². The maximum absolute atomic E-state index is 12.5. The number of pyridine rings is 2. The van der Waals surface area contributed by atoms with Gasteiger partial charge in [-0.3, -0.25) is 9.78 Å². The predicted molar refractivity (Wildman–Crippen MR) is 99.1 cm³/mol. The van der Waals surface area contributed by atoms with Crippen molar-refractivity contribution in [2.75, 3.05) is 6.61 Å². The number of aromatic hydroxyl groups is 1. The molecule has 25 heavy (non-hydrogen) atoms. The molecule has 132 valence electrons. The van der Waals surface area contributed by atoms with E-state index in [2.05, 4.69) is 18.8 Å². The van der Waals surface area contributed by atoms with Crippen molar-refractivity contribution in [1.82, 2.24) is 9.55 Å². The van der Waals surface area contributed by atoms with Crippen LogP contribution in [0.2, 0.25) is 0 Å². The summed E-state index contributed by atoms with van der Waals surface area (Å²) in [6, 6.07) is 4.98. The van der Waals surface area contributed by atoms with Gasteiger partial charge in [0.05, 0.1) is 10.9 Å². The molecule has 0 aliphatic rings. The molecule has 0 aliphatic carbocycles. The lowest BCUT2D eigenvalue weighted by Crippen LogP contribution is -2.29. The highest BCUT2D eigenvalue weighted by Gasteiger charge is 2.14.